The zero-order valence-electron chi connectivity index (χ0n) is 14.5. The Morgan fingerprint density at radius 2 is 1.27 bits per heavy atom. The van der Waals surface area contributed by atoms with Crippen molar-refractivity contribution in [1.82, 2.24) is 0 Å². The molecule has 118 valence electrons. The van der Waals surface area contributed by atoms with E-state index in [2.05, 4.69) is 32.9 Å². The number of methoxy groups -OCH3 is 3. The number of rotatable bonds is 4. The lowest BCUT2D eigenvalue weighted by molar-refractivity contribution is 0.396. The summed E-state index contributed by atoms with van der Waals surface area (Å²) in [5, 5.41) is 0. The minimum Gasteiger partial charge on any atom is -0.496 e. The Morgan fingerprint density at radius 3 is 1.77 bits per heavy atom. The maximum Gasteiger partial charge on any atom is 0.130 e. The maximum absolute atomic E-state index is 5.70. The van der Waals surface area contributed by atoms with E-state index >= 15 is 0 Å². The van der Waals surface area contributed by atoms with Crippen LogP contribution in [0.15, 0.2) is 18.2 Å². The van der Waals surface area contributed by atoms with Crippen molar-refractivity contribution in [2.45, 2.75) is 27.7 Å². The second-order valence-electron chi connectivity index (χ2n) is 5.50. The van der Waals surface area contributed by atoms with Crippen molar-refractivity contribution in [2.24, 2.45) is 0 Å². The molecule has 0 saturated heterocycles. The fourth-order valence-electron chi connectivity index (χ4n) is 3.04. The van der Waals surface area contributed by atoms with Gasteiger partial charge in [-0.3, -0.25) is 0 Å². The van der Waals surface area contributed by atoms with Gasteiger partial charge in [0.05, 0.1) is 21.3 Å². The van der Waals surface area contributed by atoms with Crippen molar-refractivity contribution < 1.29 is 14.2 Å². The molecule has 0 aliphatic rings. The van der Waals surface area contributed by atoms with Crippen LogP contribution in [0, 0.1) is 27.7 Å². The maximum atomic E-state index is 5.70. The third kappa shape index (κ3) is 2.52. The normalized spacial score (nSPS) is 10.5. The minimum atomic E-state index is 0.885. The summed E-state index contributed by atoms with van der Waals surface area (Å²) in [7, 11) is 5.12. The second kappa shape index (κ2) is 6.30. The lowest BCUT2D eigenvalue weighted by Crippen LogP contribution is -2.01. The molecule has 0 aliphatic carbocycles. The van der Waals surface area contributed by atoms with Crippen LogP contribution in [-0.2, 0) is 0 Å². The molecule has 2 aromatic carbocycles. The molecular weight excluding hydrogens is 276 g/mol. The van der Waals surface area contributed by atoms with Gasteiger partial charge in [0.1, 0.15) is 17.2 Å². The first-order valence-corrected chi connectivity index (χ1v) is 7.33. The molecule has 0 saturated carbocycles. The quantitative estimate of drug-likeness (QED) is 0.825. The van der Waals surface area contributed by atoms with Gasteiger partial charge in [-0.1, -0.05) is 6.07 Å². The Bertz CT molecular complexity index is 703. The van der Waals surface area contributed by atoms with Crippen molar-refractivity contribution in [3.63, 3.8) is 0 Å². The highest BCUT2D eigenvalue weighted by atomic mass is 16.5. The summed E-state index contributed by atoms with van der Waals surface area (Å²) in [6, 6.07) is 6.17. The molecule has 0 radical (unpaired) electrons. The van der Waals surface area contributed by atoms with Crippen LogP contribution in [0.2, 0.25) is 0 Å². The molecule has 22 heavy (non-hydrogen) atoms. The van der Waals surface area contributed by atoms with Crippen LogP contribution >= 0.6 is 0 Å². The number of hydrogen-bond donors (Lipinski definition) is 0. The van der Waals surface area contributed by atoms with Gasteiger partial charge < -0.3 is 14.2 Å². The van der Waals surface area contributed by atoms with Crippen LogP contribution in [0.25, 0.3) is 11.1 Å². The Balaban J connectivity index is 2.79. The zero-order valence-corrected chi connectivity index (χ0v) is 14.5. The molecule has 2 rings (SSSR count). The van der Waals surface area contributed by atoms with E-state index in [1.165, 1.54) is 0 Å². The van der Waals surface area contributed by atoms with Crippen molar-refractivity contribution in [3.8, 4) is 28.4 Å². The van der Waals surface area contributed by atoms with Crippen LogP contribution in [0.5, 0.6) is 17.2 Å². The highest BCUT2D eigenvalue weighted by Crippen LogP contribution is 2.44. The van der Waals surface area contributed by atoms with E-state index in [1.54, 1.807) is 21.3 Å². The lowest BCUT2D eigenvalue weighted by atomic mass is 9.92. The number of hydrogen-bond acceptors (Lipinski definition) is 3. The third-order valence-electron chi connectivity index (χ3n) is 4.28. The molecule has 0 atom stereocenters. The van der Waals surface area contributed by atoms with Crippen LogP contribution < -0.4 is 14.2 Å². The average molecular weight is 300 g/mol. The van der Waals surface area contributed by atoms with Crippen molar-refractivity contribution in [2.75, 3.05) is 21.3 Å². The highest BCUT2D eigenvalue weighted by Gasteiger charge is 2.20. The van der Waals surface area contributed by atoms with Gasteiger partial charge in [0.15, 0.2) is 0 Å². The van der Waals surface area contributed by atoms with E-state index in [4.69, 9.17) is 14.2 Å². The van der Waals surface area contributed by atoms with Gasteiger partial charge in [0.25, 0.3) is 0 Å². The van der Waals surface area contributed by atoms with Gasteiger partial charge in [0, 0.05) is 11.1 Å². The average Bonchev–Trinajstić information content (AvgIpc) is 2.51. The summed E-state index contributed by atoms with van der Waals surface area (Å²) in [5.74, 6) is 2.71. The Labute approximate surface area is 132 Å². The van der Waals surface area contributed by atoms with E-state index in [-0.39, 0.29) is 0 Å². The first-order valence-electron chi connectivity index (χ1n) is 7.33. The molecule has 0 aliphatic heterocycles. The monoisotopic (exact) mass is 300 g/mol. The number of aryl methyl sites for hydroxylation is 1. The SMILES string of the molecule is COc1ccc(-c2c(C)c(OC)c(C)c(C)c2OC)cc1C. The predicted molar refractivity (Wildman–Crippen MR) is 90.5 cm³/mol. The van der Waals surface area contributed by atoms with Crippen molar-refractivity contribution in [3.05, 3.63) is 40.5 Å². The standard InChI is InChI=1S/C19H24O3/c1-11-10-15(8-9-16(11)20-5)17-14(4)18(21-6)12(2)13(3)19(17)22-7/h8-10H,1-7H3. The number of ether oxygens (including phenoxy) is 3. The largest absolute Gasteiger partial charge is 0.496 e. The zero-order chi connectivity index (χ0) is 16.4. The summed E-state index contributed by atoms with van der Waals surface area (Å²) < 4.78 is 16.7. The summed E-state index contributed by atoms with van der Waals surface area (Å²) in [6.45, 7) is 8.24. The molecule has 3 nitrogen and oxygen atoms in total. The van der Waals surface area contributed by atoms with Crippen LogP contribution in [0.1, 0.15) is 22.3 Å². The van der Waals surface area contributed by atoms with Crippen LogP contribution in [0.4, 0.5) is 0 Å². The number of benzene rings is 2. The fourth-order valence-corrected chi connectivity index (χ4v) is 3.04. The molecule has 0 bridgehead atoms. The van der Waals surface area contributed by atoms with E-state index in [0.29, 0.717) is 0 Å². The molecule has 0 aromatic heterocycles. The van der Waals surface area contributed by atoms with Crippen LogP contribution in [-0.4, -0.2) is 21.3 Å². The fraction of sp³-hybridized carbons (Fsp3) is 0.368. The van der Waals surface area contributed by atoms with Gasteiger partial charge in [-0.15, -0.1) is 0 Å². The van der Waals surface area contributed by atoms with Gasteiger partial charge in [-0.2, -0.15) is 0 Å². The van der Waals surface area contributed by atoms with E-state index < -0.39 is 0 Å². The first kappa shape index (κ1) is 16.2. The van der Waals surface area contributed by atoms with Crippen molar-refractivity contribution >= 4 is 0 Å². The predicted octanol–water partition coefficient (Wildman–Crippen LogP) is 4.61. The molecule has 0 N–H and O–H groups in total. The first-order chi connectivity index (χ1) is 10.5. The van der Waals surface area contributed by atoms with Crippen LogP contribution in [0.3, 0.4) is 0 Å². The van der Waals surface area contributed by atoms with E-state index in [1.807, 2.05) is 13.0 Å². The molecule has 0 fully saturated rings. The Hall–Kier alpha value is -2.16. The molecular formula is C19H24O3. The summed E-state index contributed by atoms with van der Waals surface area (Å²) in [4.78, 5) is 0. The van der Waals surface area contributed by atoms with E-state index in [9.17, 15) is 0 Å². The van der Waals surface area contributed by atoms with Gasteiger partial charge in [-0.05, 0) is 62.1 Å². The lowest BCUT2D eigenvalue weighted by Gasteiger charge is -2.21. The molecule has 0 spiro atoms. The van der Waals surface area contributed by atoms with Gasteiger partial charge >= 0.3 is 0 Å². The smallest absolute Gasteiger partial charge is 0.130 e. The van der Waals surface area contributed by atoms with Crippen molar-refractivity contribution in [1.29, 1.82) is 0 Å². The summed E-state index contributed by atoms with van der Waals surface area (Å²) in [5.41, 5.74) is 6.59. The Morgan fingerprint density at radius 1 is 0.682 bits per heavy atom. The van der Waals surface area contributed by atoms with E-state index in [0.717, 1.165) is 50.6 Å². The highest BCUT2D eigenvalue weighted by molar-refractivity contribution is 5.80. The Kier molecular flexibility index (Phi) is 4.65. The van der Waals surface area contributed by atoms with Gasteiger partial charge in [0.2, 0.25) is 0 Å². The van der Waals surface area contributed by atoms with Gasteiger partial charge in [-0.25, -0.2) is 0 Å². The topological polar surface area (TPSA) is 27.7 Å². The summed E-state index contributed by atoms with van der Waals surface area (Å²) in [6.07, 6.45) is 0. The minimum absolute atomic E-state index is 0.885. The third-order valence-corrected chi connectivity index (χ3v) is 4.28. The molecule has 0 heterocycles. The molecule has 0 unspecified atom stereocenters. The summed E-state index contributed by atoms with van der Waals surface area (Å²) >= 11 is 0. The molecule has 0 amide bonds. The second-order valence-corrected chi connectivity index (χ2v) is 5.50. The molecule has 2 aromatic rings. The molecule has 3 heteroatoms.